The average Bonchev–Trinajstić information content (AvgIpc) is 3.23. The lowest BCUT2D eigenvalue weighted by Crippen LogP contribution is -2.50. The van der Waals surface area contributed by atoms with Gasteiger partial charge in [-0.1, -0.05) is 30.3 Å². The summed E-state index contributed by atoms with van der Waals surface area (Å²) in [6.07, 6.45) is 2.57. The smallest absolute Gasteiger partial charge is 0.242 e. The van der Waals surface area contributed by atoms with Crippen molar-refractivity contribution < 1.29 is 14.7 Å². The summed E-state index contributed by atoms with van der Waals surface area (Å²) in [6.45, 7) is 0.903. The molecule has 1 aromatic carbocycles. The summed E-state index contributed by atoms with van der Waals surface area (Å²) in [7, 11) is 0. The van der Waals surface area contributed by atoms with Gasteiger partial charge in [-0.25, -0.2) is 0 Å². The van der Waals surface area contributed by atoms with E-state index in [-0.39, 0.29) is 18.4 Å². The number of amides is 2. The molecule has 2 unspecified atom stereocenters. The number of nitrogens with one attached hydrogen (secondary N) is 1. The molecule has 2 saturated heterocycles. The fourth-order valence-electron chi connectivity index (χ4n) is 3.32. The van der Waals surface area contributed by atoms with Gasteiger partial charge in [0.15, 0.2) is 0 Å². The predicted octanol–water partition coefficient (Wildman–Crippen LogP) is 1.20. The molecule has 1 aromatic rings. The van der Waals surface area contributed by atoms with Crippen LogP contribution in [0.3, 0.4) is 0 Å². The van der Waals surface area contributed by atoms with E-state index in [1.807, 2.05) is 30.3 Å². The van der Waals surface area contributed by atoms with Crippen molar-refractivity contribution in [2.45, 2.75) is 37.3 Å². The molecule has 6 heteroatoms. The minimum Gasteiger partial charge on any atom is -0.387 e. The lowest BCUT2D eigenvalue weighted by molar-refractivity contribution is -0.138. The minimum atomic E-state index is -0.794. The van der Waals surface area contributed by atoms with Gasteiger partial charge in [0.2, 0.25) is 11.8 Å². The molecule has 5 nitrogen and oxygen atoms in total. The third kappa shape index (κ3) is 4.11. The van der Waals surface area contributed by atoms with Gasteiger partial charge < -0.3 is 15.3 Å². The zero-order chi connectivity index (χ0) is 17.0. The highest BCUT2D eigenvalue weighted by atomic mass is 32.2. The molecule has 0 aromatic heterocycles. The second-order valence-electron chi connectivity index (χ2n) is 6.65. The van der Waals surface area contributed by atoms with Crippen LogP contribution in [0, 0.1) is 0 Å². The van der Waals surface area contributed by atoms with E-state index in [1.54, 1.807) is 16.7 Å². The largest absolute Gasteiger partial charge is 0.387 e. The number of aliphatic hydroxyl groups is 1. The van der Waals surface area contributed by atoms with E-state index in [4.69, 9.17) is 0 Å². The Morgan fingerprint density at radius 3 is 2.83 bits per heavy atom. The Hall–Kier alpha value is -1.53. The van der Waals surface area contributed by atoms with Crippen LogP contribution >= 0.6 is 11.8 Å². The van der Waals surface area contributed by atoms with Crippen molar-refractivity contribution in [3.05, 3.63) is 35.9 Å². The monoisotopic (exact) mass is 348 g/mol. The standard InChI is InChI=1S/C18H24N2O3S/c21-16(11-14-5-2-1-3-6-14)20-9-4-7-15(20)17(22)19-12-18(23)8-10-24-13-18/h1-3,5-6,15,23H,4,7-13H2,(H,19,22). The topological polar surface area (TPSA) is 69.6 Å². The van der Waals surface area contributed by atoms with Crippen LogP contribution in [-0.2, 0) is 16.0 Å². The van der Waals surface area contributed by atoms with E-state index in [1.165, 1.54) is 0 Å². The van der Waals surface area contributed by atoms with Crippen LogP contribution in [-0.4, -0.2) is 58.1 Å². The maximum atomic E-state index is 12.5. The molecule has 2 fully saturated rings. The number of rotatable bonds is 5. The summed E-state index contributed by atoms with van der Waals surface area (Å²) in [5, 5.41) is 13.2. The van der Waals surface area contributed by atoms with Crippen molar-refractivity contribution in [2.75, 3.05) is 24.6 Å². The Kier molecular flexibility index (Phi) is 5.46. The number of hydrogen-bond donors (Lipinski definition) is 2. The van der Waals surface area contributed by atoms with Crippen molar-refractivity contribution >= 4 is 23.6 Å². The molecule has 2 heterocycles. The lowest BCUT2D eigenvalue weighted by Gasteiger charge is -2.27. The first-order valence-electron chi connectivity index (χ1n) is 8.49. The maximum Gasteiger partial charge on any atom is 0.242 e. The molecule has 2 N–H and O–H groups in total. The Balaban J connectivity index is 1.56. The van der Waals surface area contributed by atoms with Crippen molar-refractivity contribution in [1.29, 1.82) is 0 Å². The van der Waals surface area contributed by atoms with Crippen LogP contribution in [0.4, 0.5) is 0 Å². The third-order valence-electron chi connectivity index (χ3n) is 4.75. The number of thioether (sulfide) groups is 1. The molecule has 0 saturated carbocycles. The van der Waals surface area contributed by atoms with Crippen LogP contribution in [0.5, 0.6) is 0 Å². The zero-order valence-electron chi connectivity index (χ0n) is 13.7. The van der Waals surface area contributed by atoms with Crippen molar-refractivity contribution in [3.63, 3.8) is 0 Å². The molecular weight excluding hydrogens is 324 g/mol. The Bertz CT molecular complexity index is 587. The number of carbonyl (C=O) groups excluding carboxylic acids is 2. The van der Waals surface area contributed by atoms with Crippen LogP contribution in [0.25, 0.3) is 0 Å². The van der Waals surface area contributed by atoms with E-state index in [9.17, 15) is 14.7 Å². The first-order chi connectivity index (χ1) is 11.6. The molecule has 3 rings (SSSR count). The van der Waals surface area contributed by atoms with Gasteiger partial charge in [0.05, 0.1) is 12.0 Å². The summed E-state index contributed by atoms with van der Waals surface area (Å²) < 4.78 is 0. The number of nitrogens with zero attached hydrogens (tertiary/aromatic N) is 1. The van der Waals surface area contributed by atoms with E-state index in [0.29, 0.717) is 31.6 Å². The highest BCUT2D eigenvalue weighted by Gasteiger charge is 2.36. The van der Waals surface area contributed by atoms with E-state index < -0.39 is 11.6 Å². The quantitative estimate of drug-likeness (QED) is 0.839. The number of hydrogen-bond acceptors (Lipinski definition) is 4. The first-order valence-corrected chi connectivity index (χ1v) is 9.64. The van der Waals surface area contributed by atoms with Gasteiger partial charge in [-0.3, -0.25) is 9.59 Å². The van der Waals surface area contributed by atoms with Gasteiger partial charge in [0.25, 0.3) is 0 Å². The zero-order valence-corrected chi connectivity index (χ0v) is 14.6. The van der Waals surface area contributed by atoms with Crippen molar-refractivity contribution in [2.24, 2.45) is 0 Å². The molecule has 2 atom stereocenters. The summed E-state index contributed by atoms with van der Waals surface area (Å²) in [5.41, 5.74) is 0.170. The maximum absolute atomic E-state index is 12.5. The van der Waals surface area contributed by atoms with Gasteiger partial charge in [-0.2, -0.15) is 11.8 Å². The normalized spacial score (nSPS) is 26.5. The lowest BCUT2D eigenvalue weighted by atomic mass is 10.0. The van der Waals surface area contributed by atoms with Gasteiger partial charge in [0.1, 0.15) is 6.04 Å². The van der Waals surface area contributed by atoms with E-state index in [2.05, 4.69) is 5.32 Å². The van der Waals surface area contributed by atoms with Crippen LogP contribution in [0.2, 0.25) is 0 Å². The fraction of sp³-hybridized carbons (Fsp3) is 0.556. The highest BCUT2D eigenvalue weighted by molar-refractivity contribution is 7.99. The van der Waals surface area contributed by atoms with Crippen LogP contribution in [0.15, 0.2) is 30.3 Å². The van der Waals surface area contributed by atoms with Crippen LogP contribution < -0.4 is 5.32 Å². The summed E-state index contributed by atoms with van der Waals surface area (Å²) in [4.78, 5) is 26.7. The van der Waals surface area contributed by atoms with Crippen LogP contribution in [0.1, 0.15) is 24.8 Å². The van der Waals surface area contributed by atoms with Gasteiger partial charge in [-0.05, 0) is 30.6 Å². The van der Waals surface area contributed by atoms with E-state index >= 15 is 0 Å². The third-order valence-corrected chi connectivity index (χ3v) is 5.98. The SMILES string of the molecule is O=C(NCC1(O)CCSC1)C1CCCN1C(=O)Cc1ccccc1. The second-order valence-corrected chi connectivity index (χ2v) is 7.76. The van der Waals surface area contributed by atoms with Crippen molar-refractivity contribution in [1.82, 2.24) is 10.2 Å². The molecule has 2 aliphatic rings. The highest BCUT2D eigenvalue weighted by Crippen LogP contribution is 2.27. The minimum absolute atomic E-state index is 0.00557. The van der Waals surface area contributed by atoms with Gasteiger partial charge >= 0.3 is 0 Å². The Morgan fingerprint density at radius 2 is 2.12 bits per heavy atom. The average molecular weight is 348 g/mol. The fourth-order valence-corrected chi connectivity index (χ4v) is 4.61. The molecule has 0 spiro atoms. The molecule has 2 aliphatic heterocycles. The molecule has 24 heavy (non-hydrogen) atoms. The van der Waals surface area contributed by atoms with Gasteiger partial charge in [-0.15, -0.1) is 0 Å². The molecular formula is C18H24N2O3S. The number of benzene rings is 1. The van der Waals surface area contributed by atoms with E-state index in [0.717, 1.165) is 17.7 Å². The van der Waals surface area contributed by atoms with Crippen molar-refractivity contribution in [3.8, 4) is 0 Å². The first kappa shape index (κ1) is 17.3. The Morgan fingerprint density at radius 1 is 1.33 bits per heavy atom. The number of carbonyl (C=O) groups is 2. The summed E-state index contributed by atoms with van der Waals surface area (Å²) >= 11 is 1.71. The summed E-state index contributed by atoms with van der Waals surface area (Å²) in [5.74, 6) is 1.44. The Labute approximate surface area is 146 Å². The van der Waals surface area contributed by atoms with Gasteiger partial charge in [0, 0.05) is 18.8 Å². The molecule has 0 radical (unpaired) electrons. The molecule has 130 valence electrons. The predicted molar refractivity (Wildman–Crippen MR) is 94.8 cm³/mol. The summed E-state index contributed by atoms with van der Waals surface area (Å²) in [6, 6.07) is 9.20. The molecule has 0 bridgehead atoms. The number of likely N-dealkylation sites (tertiary alicyclic amines) is 1. The molecule has 2 amide bonds. The second kappa shape index (κ2) is 7.57. The molecule has 0 aliphatic carbocycles.